The SMILES string of the molecule is CCCC(CC(O)COCC)C(=O)O. The summed E-state index contributed by atoms with van der Waals surface area (Å²) in [4.78, 5) is 10.7. The zero-order valence-electron chi connectivity index (χ0n) is 8.90. The Labute approximate surface area is 84.9 Å². The van der Waals surface area contributed by atoms with Crippen molar-refractivity contribution in [2.45, 2.75) is 39.2 Å². The number of carbonyl (C=O) groups is 1. The summed E-state index contributed by atoms with van der Waals surface area (Å²) in [5.41, 5.74) is 0. The minimum atomic E-state index is -0.831. The van der Waals surface area contributed by atoms with Gasteiger partial charge in [-0.1, -0.05) is 13.3 Å². The zero-order valence-corrected chi connectivity index (χ0v) is 8.90. The van der Waals surface area contributed by atoms with Crippen molar-refractivity contribution in [1.82, 2.24) is 0 Å². The molecule has 0 saturated carbocycles. The van der Waals surface area contributed by atoms with E-state index in [-0.39, 0.29) is 13.0 Å². The average Bonchev–Trinajstić information content (AvgIpc) is 2.14. The van der Waals surface area contributed by atoms with E-state index in [0.29, 0.717) is 13.0 Å². The molecule has 0 radical (unpaired) electrons. The smallest absolute Gasteiger partial charge is 0.306 e. The number of hydrogen-bond acceptors (Lipinski definition) is 3. The molecule has 0 fully saturated rings. The largest absolute Gasteiger partial charge is 0.481 e. The topological polar surface area (TPSA) is 66.8 Å². The molecule has 0 bridgehead atoms. The Morgan fingerprint density at radius 2 is 2.07 bits per heavy atom. The lowest BCUT2D eigenvalue weighted by Crippen LogP contribution is -2.24. The fraction of sp³-hybridized carbons (Fsp3) is 0.900. The number of aliphatic carboxylic acids is 1. The molecule has 84 valence electrons. The summed E-state index contributed by atoms with van der Waals surface area (Å²) in [7, 11) is 0. The Bertz CT molecular complexity index is 158. The van der Waals surface area contributed by atoms with Crippen LogP contribution in [0.2, 0.25) is 0 Å². The molecule has 0 aliphatic carbocycles. The predicted octanol–water partition coefficient (Wildman–Crippen LogP) is 1.27. The number of carboxylic acids is 1. The van der Waals surface area contributed by atoms with Crippen LogP contribution >= 0.6 is 0 Å². The van der Waals surface area contributed by atoms with E-state index in [9.17, 15) is 9.90 Å². The van der Waals surface area contributed by atoms with Crippen molar-refractivity contribution in [3.63, 3.8) is 0 Å². The number of rotatable bonds is 8. The second-order valence-electron chi connectivity index (χ2n) is 3.37. The summed E-state index contributed by atoms with van der Waals surface area (Å²) in [5, 5.41) is 18.3. The maximum absolute atomic E-state index is 10.7. The molecule has 2 atom stereocenters. The van der Waals surface area contributed by atoms with Crippen LogP contribution in [-0.2, 0) is 9.53 Å². The van der Waals surface area contributed by atoms with Gasteiger partial charge in [-0.15, -0.1) is 0 Å². The number of hydrogen-bond donors (Lipinski definition) is 2. The number of aliphatic hydroxyl groups excluding tert-OH is 1. The monoisotopic (exact) mass is 204 g/mol. The van der Waals surface area contributed by atoms with Gasteiger partial charge in [0.15, 0.2) is 0 Å². The van der Waals surface area contributed by atoms with E-state index in [2.05, 4.69) is 0 Å². The third kappa shape index (κ3) is 5.94. The maximum atomic E-state index is 10.7. The second-order valence-corrected chi connectivity index (χ2v) is 3.37. The van der Waals surface area contributed by atoms with Gasteiger partial charge in [-0.2, -0.15) is 0 Å². The fourth-order valence-electron chi connectivity index (χ4n) is 1.34. The first kappa shape index (κ1) is 13.4. The van der Waals surface area contributed by atoms with Gasteiger partial charge in [0.2, 0.25) is 0 Å². The van der Waals surface area contributed by atoms with E-state index < -0.39 is 18.0 Å². The lowest BCUT2D eigenvalue weighted by Gasteiger charge is -2.15. The van der Waals surface area contributed by atoms with Crippen molar-refractivity contribution in [2.24, 2.45) is 5.92 Å². The van der Waals surface area contributed by atoms with Crippen molar-refractivity contribution in [3.05, 3.63) is 0 Å². The summed E-state index contributed by atoms with van der Waals surface area (Å²) in [5.74, 6) is -1.28. The Morgan fingerprint density at radius 3 is 2.50 bits per heavy atom. The molecular formula is C10H20O4. The molecule has 2 unspecified atom stereocenters. The first-order valence-electron chi connectivity index (χ1n) is 5.10. The van der Waals surface area contributed by atoms with Crippen LogP contribution in [0.3, 0.4) is 0 Å². The molecule has 0 aromatic heterocycles. The van der Waals surface area contributed by atoms with Crippen LogP contribution in [0.15, 0.2) is 0 Å². The molecule has 0 aromatic carbocycles. The number of ether oxygens (including phenoxy) is 1. The first-order chi connectivity index (χ1) is 6.61. The highest BCUT2D eigenvalue weighted by Gasteiger charge is 2.20. The van der Waals surface area contributed by atoms with Crippen LogP contribution in [0.5, 0.6) is 0 Å². The Morgan fingerprint density at radius 1 is 1.43 bits per heavy atom. The molecule has 0 aromatic rings. The van der Waals surface area contributed by atoms with E-state index in [1.807, 2.05) is 13.8 Å². The third-order valence-electron chi connectivity index (χ3n) is 2.06. The summed E-state index contributed by atoms with van der Waals surface area (Å²) in [6, 6.07) is 0. The zero-order chi connectivity index (χ0) is 11.0. The molecule has 0 amide bonds. The van der Waals surface area contributed by atoms with Gasteiger partial charge < -0.3 is 14.9 Å². The van der Waals surface area contributed by atoms with Gasteiger partial charge in [0.05, 0.1) is 18.6 Å². The predicted molar refractivity (Wildman–Crippen MR) is 53.2 cm³/mol. The first-order valence-corrected chi connectivity index (χ1v) is 5.10. The van der Waals surface area contributed by atoms with Crippen LogP contribution in [-0.4, -0.2) is 35.5 Å². The molecule has 0 saturated heterocycles. The van der Waals surface area contributed by atoms with E-state index in [1.165, 1.54) is 0 Å². The van der Waals surface area contributed by atoms with Crippen LogP contribution in [0.1, 0.15) is 33.1 Å². The molecular weight excluding hydrogens is 184 g/mol. The highest BCUT2D eigenvalue weighted by Crippen LogP contribution is 2.14. The van der Waals surface area contributed by atoms with Crippen molar-refractivity contribution < 1.29 is 19.7 Å². The minimum Gasteiger partial charge on any atom is -0.481 e. The van der Waals surface area contributed by atoms with Crippen LogP contribution in [0.4, 0.5) is 0 Å². The van der Waals surface area contributed by atoms with Gasteiger partial charge in [-0.25, -0.2) is 0 Å². The molecule has 0 spiro atoms. The lowest BCUT2D eigenvalue weighted by atomic mass is 9.97. The van der Waals surface area contributed by atoms with Crippen LogP contribution in [0, 0.1) is 5.92 Å². The second kappa shape index (κ2) is 7.76. The quantitative estimate of drug-likeness (QED) is 0.625. The average molecular weight is 204 g/mol. The van der Waals surface area contributed by atoms with Crippen LogP contribution in [0.25, 0.3) is 0 Å². The molecule has 14 heavy (non-hydrogen) atoms. The van der Waals surface area contributed by atoms with E-state index >= 15 is 0 Å². The van der Waals surface area contributed by atoms with Crippen LogP contribution < -0.4 is 0 Å². The lowest BCUT2D eigenvalue weighted by molar-refractivity contribution is -0.143. The molecule has 4 heteroatoms. The molecule has 0 aliphatic heterocycles. The van der Waals surface area contributed by atoms with Gasteiger partial charge in [-0.3, -0.25) is 4.79 Å². The maximum Gasteiger partial charge on any atom is 0.306 e. The molecule has 4 nitrogen and oxygen atoms in total. The van der Waals surface area contributed by atoms with Gasteiger partial charge in [0.25, 0.3) is 0 Å². The summed E-state index contributed by atoms with van der Waals surface area (Å²) in [6.07, 6.45) is 1.04. The summed E-state index contributed by atoms with van der Waals surface area (Å²) >= 11 is 0. The van der Waals surface area contributed by atoms with E-state index in [4.69, 9.17) is 9.84 Å². The highest BCUT2D eigenvalue weighted by molar-refractivity contribution is 5.69. The van der Waals surface area contributed by atoms with Crippen molar-refractivity contribution in [2.75, 3.05) is 13.2 Å². The molecule has 0 rings (SSSR count). The third-order valence-corrected chi connectivity index (χ3v) is 2.06. The standard InChI is InChI=1S/C10H20O4/c1-3-5-8(10(12)13)6-9(11)7-14-4-2/h8-9,11H,3-7H2,1-2H3,(H,12,13). The molecule has 0 heterocycles. The van der Waals surface area contributed by atoms with Crippen molar-refractivity contribution in [1.29, 1.82) is 0 Å². The molecule has 2 N–H and O–H groups in total. The van der Waals surface area contributed by atoms with E-state index in [0.717, 1.165) is 6.42 Å². The van der Waals surface area contributed by atoms with Crippen molar-refractivity contribution >= 4 is 5.97 Å². The Kier molecular flexibility index (Phi) is 7.42. The van der Waals surface area contributed by atoms with Gasteiger partial charge in [-0.05, 0) is 19.8 Å². The van der Waals surface area contributed by atoms with Gasteiger partial charge in [0, 0.05) is 6.61 Å². The molecule has 0 aliphatic rings. The number of aliphatic hydroxyl groups is 1. The summed E-state index contributed by atoms with van der Waals surface area (Å²) < 4.78 is 5.01. The highest BCUT2D eigenvalue weighted by atomic mass is 16.5. The normalized spacial score (nSPS) is 15.1. The minimum absolute atomic E-state index is 0.226. The summed E-state index contributed by atoms with van der Waals surface area (Å²) in [6.45, 7) is 4.55. The Balaban J connectivity index is 3.83. The van der Waals surface area contributed by atoms with Crippen molar-refractivity contribution in [3.8, 4) is 0 Å². The van der Waals surface area contributed by atoms with Gasteiger partial charge >= 0.3 is 5.97 Å². The van der Waals surface area contributed by atoms with E-state index in [1.54, 1.807) is 0 Å². The fourth-order valence-corrected chi connectivity index (χ4v) is 1.34. The Hall–Kier alpha value is -0.610. The number of carboxylic acid groups (broad SMARTS) is 1. The van der Waals surface area contributed by atoms with Gasteiger partial charge in [0.1, 0.15) is 0 Å².